The van der Waals surface area contributed by atoms with Crippen molar-refractivity contribution in [2.45, 2.75) is 51.3 Å². The van der Waals surface area contributed by atoms with Crippen LogP contribution in [-0.2, 0) is 9.53 Å². The Kier molecular flexibility index (Phi) is 3.25. The molecule has 5 heteroatoms. The molecular formula is C13H22N2O3. The average Bonchev–Trinajstić information content (AvgIpc) is 2.27. The van der Waals surface area contributed by atoms with Crippen LogP contribution >= 0.6 is 0 Å². The van der Waals surface area contributed by atoms with E-state index in [0.717, 1.165) is 25.7 Å². The van der Waals surface area contributed by atoms with E-state index >= 15 is 0 Å². The lowest BCUT2D eigenvalue weighted by molar-refractivity contribution is -0.184. The summed E-state index contributed by atoms with van der Waals surface area (Å²) in [5, 5.41) is 0. The Morgan fingerprint density at radius 2 is 1.83 bits per heavy atom. The molecule has 0 bridgehead atoms. The van der Waals surface area contributed by atoms with E-state index in [1.165, 1.54) is 0 Å². The zero-order chi connectivity index (χ0) is 13.5. The summed E-state index contributed by atoms with van der Waals surface area (Å²) in [4.78, 5) is 26.9. The van der Waals surface area contributed by atoms with E-state index in [2.05, 4.69) is 0 Å². The highest BCUT2D eigenvalue weighted by Gasteiger charge is 2.50. The summed E-state index contributed by atoms with van der Waals surface area (Å²) >= 11 is 0. The van der Waals surface area contributed by atoms with Gasteiger partial charge >= 0.3 is 6.09 Å². The topological polar surface area (TPSA) is 49.9 Å². The molecule has 0 atom stereocenters. The summed E-state index contributed by atoms with van der Waals surface area (Å²) in [7, 11) is 3.59. The monoisotopic (exact) mass is 254 g/mol. The van der Waals surface area contributed by atoms with Gasteiger partial charge < -0.3 is 9.64 Å². The summed E-state index contributed by atoms with van der Waals surface area (Å²) in [5.74, 6) is 0.329. The number of carbonyl (C=O) groups is 2. The molecule has 1 saturated heterocycles. The highest BCUT2D eigenvalue weighted by Crippen LogP contribution is 2.38. The van der Waals surface area contributed by atoms with Gasteiger partial charge in [0.25, 0.3) is 0 Å². The Hall–Kier alpha value is -1.26. The van der Waals surface area contributed by atoms with Crippen LogP contribution in [0.3, 0.4) is 0 Å². The molecule has 2 fully saturated rings. The lowest BCUT2D eigenvalue weighted by Crippen LogP contribution is -2.66. The zero-order valence-electron chi connectivity index (χ0n) is 11.6. The molecule has 2 aliphatic rings. The molecule has 0 unspecified atom stereocenters. The van der Waals surface area contributed by atoms with E-state index < -0.39 is 5.72 Å². The number of nitrogens with zero attached hydrogens (tertiary/aromatic N) is 2. The molecule has 0 spiro atoms. The molecule has 0 aromatic rings. The van der Waals surface area contributed by atoms with Gasteiger partial charge in [0.1, 0.15) is 0 Å². The third-order valence-electron chi connectivity index (χ3n) is 3.97. The molecule has 0 aromatic heterocycles. The molecule has 1 aliphatic heterocycles. The van der Waals surface area contributed by atoms with Crippen LogP contribution in [0.25, 0.3) is 0 Å². The van der Waals surface area contributed by atoms with Crippen molar-refractivity contribution in [2.24, 2.45) is 5.92 Å². The highest BCUT2D eigenvalue weighted by molar-refractivity contribution is 5.78. The lowest BCUT2D eigenvalue weighted by Gasteiger charge is -2.51. The van der Waals surface area contributed by atoms with Crippen LogP contribution in [0.5, 0.6) is 0 Å². The van der Waals surface area contributed by atoms with Crippen molar-refractivity contribution >= 4 is 12.0 Å². The third kappa shape index (κ3) is 2.18. The van der Waals surface area contributed by atoms with Crippen molar-refractivity contribution in [1.82, 2.24) is 9.80 Å². The minimum absolute atomic E-state index is 0.122. The van der Waals surface area contributed by atoms with Gasteiger partial charge in [0.05, 0.1) is 0 Å². The van der Waals surface area contributed by atoms with Crippen molar-refractivity contribution in [3.05, 3.63) is 0 Å². The second kappa shape index (κ2) is 4.44. The van der Waals surface area contributed by atoms with Gasteiger partial charge in [-0.3, -0.25) is 9.69 Å². The quantitative estimate of drug-likeness (QED) is 0.755. The molecule has 2 rings (SSSR count). The Morgan fingerprint density at radius 3 is 2.22 bits per heavy atom. The first-order valence-corrected chi connectivity index (χ1v) is 6.56. The van der Waals surface area contributed by atoms with Crippen molar-refractivity contribution < 1.29 is 14.3 Å². The number of hydrogen-bond donors (Lipinski definition) is 0. The summed E-state index contributed by atoms with van der Waals surface area (Å²) in [6.07, 6.45) is 3.29. The Balaban J connectivity index is 1.91. The first-order valence-electron chi connectivity index (χ1n) is 6.56. The van der Waals surface area contributed by atoms with Gasteiger partial charge in [0.15, 0.2) is 5.72 Å². The van der Waals surface area contributed by atoms with Crippen LogP contribution in [0.4, 0.5) is 4.79 Å². The molecule has 1 heterocycles. The SMILES string of the molecule is CN(C)C(=O)C1CCC(N2C(=O)OC2(C)C)CC1. The maximum Gasteiger partial charge on any atom is 0.415 e. The van der Waals surface area contributed by atoms with Crippen molar-refractivity contribution in [2.75, 3.05) is 14.1 Å². The largest absolute Gasteiger partial charge is 0.423 e. The molecule has 0 N–H and O–H groups in total. The smallest absolute Gasteiger partial charge is 0.415 e. The fourth-order valence-corrected chi connectivity index (χ4v) is 3.03. The van der Waals surface area contributed by atoms with Crippen LogP contribution in [-0.4, -0.2) is 47.7 Å². The van der Waals surface area contributed by atoms with Gasteiger partial charge in [-0.1, -0.05) is 0 Å². The molecule has 18 heavy (non-hydrogen) atoms. The summed E-state index contributed by atoms with van der Waals surface area (Å²) in [5.41, 5.74) is -0.472. The number of hydrogen-bond acceptors (Lipinski definition) is 3. The van der Waals surface area contributed by atoms with Crippen LogP contribution in [0, 0.1) is 5.92 Å². The standard InChI is InChI=1S/C13H22N2O3/c1-13(2)15(12(17)18-13)10-7-5-9(6-8-10)11(16)14(3)4/h9-10H,5-8H2,1-4H3. The van der Waals surface area contributed by atoms with E-state index in [1.54, 1.807) is 19.0 Å². The second-order valence-corrected chi connectivity index (χ2v) is 5.92. The Bertz CT molecular complexity index is 357. The summed E-state index contributed by atoms with van der Waals surface area (Å²) in [6, 6.07) is 0.229. The fourth-order valence-electron chi connectivity index (χ4n) is 3.03. The van der Waals surface area contributed by atoms with Crippen molar-refractivity contribution in [1.29, 1.82) is 0 Å². The molecular weight excluding hydrogens is 232 g/mol. The molecule has 102 valence electrons. The number of rotatable bonds is 2. The number of cyclic esters (lactones) is 1. The van der Waals surface area contributed by atoms with Crippen LogP contribution in [0.1, 0.15) is 39.5 Å². The predicted molar refractivity (Wildman–Crippen MR) is 66.8 cm³/mol. The van der Waals surface area contributed by atoms with Gasteiger partial charge in [-0.05, 0) is 39.5 Å². The van der Waals surface area contributed by atoms with E-state index in [-0.39, 0.29) is 24.0 Å². The lowest BCUT2D eigenvalue weighted by atomic mass is 9.83. The summed E-state index contributed by atoms with van der Waals surface area (Å²) < 4.78 is 5.12. The maximum absolute atomic E-state index is 11.9. The average molecular weight is 254 g/mol. The van der Waals surface area contributed by atoms with E-state index in [0.29, 0.717) is 0 Å². The maximum atomic E-state index is 11.9. The number of carbonyl (C=O) groups excluding carboxylic acids is 2. The fraction of sp³-hybridized carbons (Fsp3) is 0.846. The van der Waals surface area contributed by atoms with Gasteiger partial charge in [0, 0.05) is 26.1 Å². The predicted octanol–water partition coefficient (Wildman–Crippen LogP) is 1.82. The molecule has 1 aliphatic carbocycles. The van der Waals surface area contributed by atoms with Crippen LogP contribution in [0.15, 0.2) is 0 Å². The van der Waals surface area contributed by atoms with E-state index in [1.807, 2.05) is 18.7 Å². The molecule has 5 nitrogen and oxygen atoms in total. The molecule has 0 radical (unpaired) electrons. The zero-order valence-corrected chi connectivity index (χ0v) is 11.6. The normalized spacial score (nSPS) is 30.4. The molecule has 2 amide bonds. The van der Waals surface area contributed by atoms with Crippen LogP contribution in [0.2, 0.25) is 0 Å². The first kappa shape index (κ1) is 13.2. The Labute approximate surface area is 108 Å². The van der Waals surface area contributed by atoms with E-state index in [9.17, 15) is 9.59 Å². The first-order chi connectivity index (χ1) is 8.33. The number of amides is 2. The summed E-state index contributed by atoms with van der Waals surface area (Å²) in [6.45, 7) is 3.82. The Morgan fingerprint density at radius 1 is 1.28 bits per heavy atom. The molecule has 1 saturated carbocycles. The molecule has 0 aromatic carbocycles. The highest BCUT2D eigenvalue weighted by atomic mass is 16.6. The van der Waals surface area contributed by atoms with Gasteiger partial charge in [-0.25, -0.2) is 4.79 Å². The minimum atomic E-state index is -0.472. The van der Waals surface area contributed by atoms with Crippen LogP contribution < -0.4 is 0 Å². The van der Waals surface area contributed by atoms with Crippen molar-refractivity contribution in [3.63, 3.8) is 0 Å². The van der Waals surface area contributed by atoms with Gasteiger partial charge in [-0.15, -0.1) is 0 Å². The third-order valence-corrected chi connectivity index (χ3v) is 3.97. The van der Waals surface area contributed by atoms with Crippen molar-refractivity contribution in [3.8, 4) is 0 Å². The number of ether oxygens (including phenoxy) is 1. The minimum Gasteiger partial charge on any atom is -0.423 e. The van der Waals surface area contributed by atoms with E-state index in [4.69, 9.17) is 4.74 Å². The second-order valence-electron chi connectivity index (χ2n) is 5.92. The van der Waals surface area contributed by atoms with Gasteiger partial charge in [0.2, 0.25) is 5.91 Å². The van der Waals surface area contributed by atoms with Gasteiger partial charge in [-0.2, -0.15) is 0 Å².